The highest BCUT2D eigenvalue weighted by atomic mass is 16.4. The smallest absolute Gasteiger partial charge is 0.306 e. The summed E-state index contributed by atoms with van der Waals surface area (Å²) < 4.78 is 0. The predicted octanol–water partition coefficient (Wildman–Crippen LogP) is 1.38. The lowest BCUT2D eigenvalue weighted by molar-refractivity contribution is -0.141. The second kappa shape index (κ2) is 7.47. The Hall–Kier alpha value is -2.11. The highest BCUT2D eigenvalue weighted by molar-refractivity contribution is 5.93. The molecular formula is C14H20N2O4. The summed E-state index contributed by atoms with van der Waals surface area (Å²) in [6.45, 7) is 3.50. The van der Waals surface area contributed by atoms with Crippen molar-refractivity contribution in [2.24, 2.45) is 5.92 Å². The van der Waals surface area contributed by atoms with E-state index in [1.54, 1.807) is 6.92 Å². The first-order valence-corrected chi connectivity index (χ1v) is 6.62. The molecule has 6 heteroatoms. The predicted molar refractivity (Wildman–Crippen MR) is 74.6 cm³/mol. The number of carbonyl (C=O) groups excluding carboxylic acids is 1. The van der Waals surface area contributed by atoms with E-state index in [0.717, 1.165) is 0 Å². The Morgan fingerprint density at radius 1 is 1.35 bits per heavy atom. The quantitative estimate of drug-likeness (QED) is 0.702. The molecule has 0 aliphatic heterocycles. The van der Waals surface area contributed by atoms with E-state index in [-0.39, 0.29) is 23.0 Å². The van der Waals surface area contributed by atoms with E-state index in [0.29, 0.717) is 19.3 Å². The number of rotatable bonds is 7. The van der Waals surface area contributed by atoms with Crippen molar-refractivity contribution in [1.82, 2.24) is 10.3 Å². The Bertz CT molecular complexity index is 524. The third-order valence-electron chi connectivity index (χ3n) is 3.14. The number of hydrogen-bond acceptors (Lipinski definition) is 3. The maximum absolute atomic E-state index is 11.9. The third kappa shape index (κ3) is 4.87. The average molecular weight is 280 g/mol. The molecule has 1 aromatic rings. The normalized spacial score (nSPS) is 13.5. The fourth-order valence-electron chi connectivity index (χ4n) is 1.82. The van der Waals surface area contributed by atoms with Gasteiger partial charge in [-0.05, 0) is 19.8 Å². The number of aromatic nitrogens is 1. The van der Waals surface area contributed by atoms with Gasteiger partial charge in [-0.2, -0.15) is 0 Å². The molecule has 6 nitrogen and oxygen atoms in total. The highest BCUT2D eigenvalue weighted by Gasteiger charge is 2.14. The highest BCUT2D eigenvalue weighted by Crippen LogP contribution is 2.09. The van der Waals surface area contributed by atoms with Gasteiger partial charge in [0, 0.05) is 24.5 Å². The number of hydrogen-bond donors (Lipinski definition) is 3. The van der Waals surface area contributed by atoms with Crippen LogP contribution in [0, 0.1) is 5.92 Å². The molecule has 0 aromatic carbocycles. The minimum absolute atomic E-state index is 0.0817. The third-order valence-corrected chi connectivity index (χ3v) is 3.14. The molecule has 0 aliphatic carbocycles. The molecule has 3 N–H and O–H groups in total. The van der Waals surface area contributed by atoms with Crippen molar-refractivity contribution in [3.63, 3.8) is 0 Å². The molecule has 0 bridgehead atoms. The molecule has 0 radical (unpaired) electrons. The summed E-state index contributed by atoms with van der Waals surface area (Å²) in [7, 11) is 0. The van der Waals surface area contributed by atoms with Crippen molar-refractivity contribution >= 4 is 11.9 Å². The van der Waals surface area contributed by atoms with Gasteiger partial charge in [-0.15, -0.1) is 0 Å². The van der Waals surface area contributed by atoms with Crippen LogP contribution in [0.1, 0.15) is 43.5 Å². The van der Waals surface area contributed by atoms with Crippen LogP contribution in [-0.4, -0.2) is 28.0 Å². The fourth-order valence-corrected chi connectivity index (χ4v) is 1.82. The lowest BCUT2D eigenvalue weighted by Crippen LogP contribution is -2.35. The van der Waals surface area contributed by atoms with E-state index in [4.69, 9.17) is 5.11 Å². The van der Waals surface area contributed by atoms with Crippen molar-refractivity contribution in [3.8, 4) is 0 Å². The Morgan fingerprint density at radius 2 is 2.05 bits per heavy atom. The summed E-state index contributed by atoms with van der Waals surface area (Å²) in [5.41, 5.74) is -0.244. The van der Waals surface area contributed by atoms with Crippen molar-refractivity contribution in [2.45, 2.75) is 39.2 Å². The van der Waals surface area contributed by atoms with Crippen LogP contribution in [0.4, 0.5) is 0 Å². The number of pyridine rings is 1. The summed E-state index contributed by atoms with van der Waals surface area (Å²) in [4.78, 5) is 36.7. The van der Waals surface area contributed by atoms with Crippen molar-refractivity contribution < 1.29 is 14.7 Å². The summed E-state index contributed by atoms with van der Waals surface area (Å²) in [5.74, 6) is -1.60. The van der Waals surface area contributed by atoms with Crippen LogP contribution < -0.4 is 10.7 Å². The van der Waals surface area contributed by atoms with Gasteiger partial charge in [0.05, 0.1) is 5.92 Å². The molecule has 1 rings (SSSR count). The van der Waals surface area contributed by atoms with Crippen LogP contribution >= 0.6 is 0 Å². The van der Waals surface area contributed by atoms with Gasteiger partial charge in [-0.3, -0.25) is 14.4 Å². The lowest BCUT2D eigenvalue weighted by Gasteiger charge is -2.14. The number of H-pyrrole nitrogens is 1. The molecule has 1 heterocycles. The van der Waals surface area contributed by atoms with Crippen molar-refractivity contribution in [2.75, 3.05) is 0 Å². The minimum Gasteiger partial charge on any atom is -0.481 e. The lowest BCUT2D eigenvalue weighted by atomic mass is 10.0. The van der Waals surface area contributed by atoms with Crippen LogP contribution in [0.15, 0.2) is 23.3 Å². The standard InChI is InChI=1S/C14H20N2O4/c1-9(14(19)20)4-3-5-10(2)16-13(18)11-8-15-7-6-12(11)17/h6-10H,3-5H2,1-2H3,(H,15,17)(H,16,18)(H,19,20). The zero-order valence-electron chi connectivity index (χ0n) is 11.7. The van der Waals surface area contributed by atoms with Crippen LogP contribution in [-0.2, 0) is 4.79 Å². The molecule has 2 unspecified atom stereocenters. The Kier molecular flexibility index (Phi) is 5.96. The van der Waals surface area contributed by atoms with Crippen LogP contribution in [0.5, 0.6) is 0 Å². The van der Waals surface area contributed by atoms with Gasteiger partial charge >= 0.3 is 5.97 Å². The fraction of sp³-hybridized carbons (Fsp3) is 0.500. The Morgan fingerprint density at radius 3 is 2.65 bits per heavy atom. The molecular weight excluding hydrogens is 260 g/mol. The van der Waals surface area contributed by atoms with Gasteiger partial charge < -0.3 is 15.4 Å². The first-order valence-electron chi connectivity index (χ1n) is 6.62. The van der Waals surface area contributed by atoms with Gasteiger partial charge in [0.15, 0.2) is 5.43 Å². The van der Waals surface area contributed by atoms with E-state index < -0.39 is 11.9 Å². The van der Waals surface area contributed by atoms with Crippen LogP contribution in [0.2, 0.25) is 0 Å². The van der Waals surface area contributed by atoms with Gasteiger partial charge in [-0.25, -0.2) is 0 Å². The van der Waals surface area contributed by atoms with E-state index in [1.165, 1.54) is 18.5 Å². The van der Waals surface area contributed by atoms with Crippen molar-refractivity contribution in [3.05, 3.63) is 34.2 Å². The average Bonchev–Trinajstić information content (AvgIpc) is 2.38. The SMILES string of the molecule is CC(CCCC(C)C(=O)O)NC(=O)c1c[nH]ccc1=O. The monoisotopic (exact) mass is 280 g/mol. The topological polar surface area (TPSA) is 99.3 Å². The number of aromatic amines is 1. The molecule has 110 valence electrons. The van der Waals surface area contributed by atoms with Crippen molar-refractivity contribution in [1.29, 1.82) is 0 Å². The van der Waals surface area contributed by atoms with E-state index in [9.17, 15) is 14.4 Å². The molecule has 1 aromatic heterocycles. The van der Waals surface area contributed by atoms with E-state index in [1.807, 2.05) is 6.92 Å². The number of amides is 1. The van der Waals surface area contributed by atoms with Gasteiger partial charge in [-0.1, -0.05) is 13.3 Å². The van der Waals surface area contributed by atoms with E-state index >= 15 is 0 Å². The Labute approximate surface area is 117 Å². The van der Waals surface area contributed by atoms with Crippen LogP contribution in [0.3, 0.4) is 0 Å². The zero-order chi connectivity index (χ0) is 15.1. The molecule has 1 amide bonds. The first-order chi connectivity index (χ1) is 9.41. The zero-order valence-corrected chi connectivity index (χ0v) is 11.7. The number of carboxylic acids is 1. The molecule has 0 fully saturated rings. The second-order valence-electron chi connectivity index (χ2n) is 4.97. The van der Waals surface area contributed by atoms with E-state index in [2.05, 4.69) is 10.3 Å². The summed E-state index contributed by atoms with van der Waals surface area (Å²) in [5, 5.41) is 11.5. The van der Waals surface area contributed by atoms with Gasteiger partial charge in [0.25, 0.3) is 5.91 Å². The second-order valence-corrected chi connectivity index (χ2v) is 4.97. The molecule has 0 saturated heterocycles. The summed E-state index contributed by atoms with van der Waals surface area (Å²) in [6.07, 6.45) is 4.79. The maximum atomic E-state index is 11.9. The molecule has 2 atom stereocenters. The minimum atomic E-state index is -0.808. The maximum Gasteiger partial charge on any atom is 0.306 e. The number of carbonyl (C=O) groups is 2. The Balaban J connectivity index is 2.41. The summed E-state index contributed by atoms with van der Waals surface area (Å²) >= 11 is 0. The molecule has 0 aliphatic rings. The van der Waals surface area contributed by atoms with Gasteiger partial charge in [0.1, 0.15) is 5.56 Å². The number of nitrogens with one attached hydrogen (secondary N) is 2. The molecule has 0 saturated carbocycles. The number of carboxylic acid groups (broad SMARTS) is 1. The molecule has 20 heavy (non-hydrogen) atoms. The van der Waals surface area contributed by atoms with Crippen LogP contribution in [0.25, 0.3) is 0 Å². The summed E-state index contributed by atoms with van der Waals surface area (Å²) in [6, 6.07) is 1.19. The van der Waals surface area contributed by atoms with Gasteiger partial charge in [0.2, 0.25) is 0 Å². The first kappa shape index (κ1) is 15.9. The molecule has 0 spiro atoms. The largest absolute Gasteiger partial charge is 0.481 e. The number of aliphatic carboxylic acids is 1.